The Hall–Kier alpha value is -1.97. The number of rotatable bonds is 4. The molecule has 102 valence electrons. The minimum Gasteiger partial charge on any atom is -0.380 e. The molecule has 0 aliphatic carbocycles. The van der Waals surface area contributed by atoms with Crippen molar-refractivity contribution in [2.24, 2.45) is 7.05 Å². The molecule has 2 aromatic rings. The molecule has 19 heavy (non-hydrogen) atoms. The number of hydrogen-bond acceptors (Lipinski definition) is 3. The largest absolute Gasteiger partial charge is 0.380 e. The Balaban J connectivity index is 2.04. The molecule has 0 saturated heterocycles. The van der Waals surface area contributed by atoms with Gasteiger partial charge < -0.3 is 14.8 Å². The van der Waals surface area contributed by atoms with E-state index in [0.29, 0.717) is 0 Å². The predicted octanol–water partition coefficient (Wildman–Crippen LogP) is 2.72. The maximum absolute atomic E-state index is 4.39. The Bertz CT molecular complexity index is 552. The molecular weight excluding hydrogens is 236 g/mol. The highest BCUT2D eigenvalue weighted by atomic mass is 15.1. The van der Waals surface area contributed by atoms with Crippen LogP contribution in [0.4, 0.5) is 11.5 Å². The number of aromatic nitrogens is 2. The van der Waals surface area contributed by atoms with E-state index in [9.17, 15) is 0 Å². The number of hydrogen-bond donors (Lipinski definition) is 1. The smallest absolute Gasteiger partial charge is 0.128 e. The summed E-state index contributed by atoms with van der Waals surface area (Å²) in [5.74, 6) is 0.970. The Labute approximate surface area is 115 Å². The van der Waals surface area contributed by atoms with Crippen LogP contribution < -0.4 is 10.2 Å². The average molecular weight is 258 g/mol. The minimum atomic E-state index is 0.830. The number of anilines is 2. The molecule has 4 nitrogen and oxygen atoms in total. The molecule has 2 rings (SSSR count). The van der Waals surface area contributed by atoms with Gasteiger partial charge in [0.25, 0.3) is 0 Å². The monoisotopic (exact) mass is 258 g/mol. The molecule has 2 aromatic heterocycles. The second-order valence-electron chi connectivity index (χ2n) is 5.11. The Morgan fingerprint density at radius 1 is 1.26 bits per heavy atom. The Morgan fingerprint density at radius 3 is 2.47 bits per heavy atom. The zero-order valence-electron chi connectivity index (χ0n) is 12.4. The van der Waals surface area contributed by atoms with Crippen LogP contribution in [0.5, 0.6) is 0 Å². The first kappa shape index (κ1) is 13.5. The summed E-state index contributed by atoms with van der Waals surface area (Å²) in [4.78, 5) is 6.39. The second-order valence-corrected chi connectivity index (χ2v) is 5.11. The summed E-state index contributed by atoms with van der Waals surface area (Å²) in [5, 5.41) is 3.41. The number of aryl methyl sites for hydroxylation is 1. The first-order chi connectivity index (χ1) is 8.99. The molecule has 4 heteroatoms. The van der Waals surface area contributed by atoms with E-state index in [0.717, 1.165) is 18.1 Å². The molecule has 0 saturated carbocycles. The van der Waals surface area contributed by atoms with Crippen molar-refractivity contribution in [3.05, 3.63) is 41.3 Å². The van der Waals surface area contributed by atoms with E-state index in [-0.39, 0.29) is 0 Å². The van der Waals surface area contributed by atoms with Gasteiger partial charge in [0.2, 0.25) is 0 Å². The van der Waals surface area contributed by atoms with E-state index in [1.165, 1.54) is 17.0 Å². The van der Waals surface area contributed by atoms with Crippen molar-refractivity contribution in [3.63, 3.8) is 0 Å². The van der Waals surface area contributed by atoms with Gasteiger partial charge in [-0.15, -0.1) is 0 Å². The van der Waals surface area contributed by atoms with E-state index in [2.05, 4.69) is 47.9 Å². The number of nitrogens with one attached hydrogen (secondary N) is 1. The molecule has 1 N–H and O–H groups in total. The van der Waals surface area contributed by atoms with Crippen LogP contribution >= 0.6 is 0 Å². The lowest BCUT2D eigenvalue weighted by Gasteiger charge is -2.12. The highest BCUT2D eigenvalue weighted by molar-refractivity contribution is 5.48. The number of nitrogens with zero attached hydrogens (tertiary/aromatic N) is 3. The SMILES string of the molecule is Cc1cc(CNc2ccc(N(C)C)nc2)c(C)n1C. The summed E-state index contributed by atoms with van der Waals surface area (Å²) >= 11 is 0. The van der Waals surface area contributed by atoms with Crippen molar-refractivity contribution >= 4 is 11.5 Å². The van der Waals surface area contributed by atoms with Crippen LogP contribution in [0.3, 0.4) is 0 Å². The van der Waals surface area contributed by atoms with Gasteiger partial charge in [0.1, 0.15) is 5.82 Å². The summed E-state index contributed by atoms with van der Waals surface area (Å²) < 4.78 is 2.21. The maximum atomic E-state index is 4.39. The summed E-state index contributed by atoms with van der Waals surface area (Å²) in [6, 6.07) is 6.31. The first-order valence-electron chi connectivity index (χ1n) is 6.48. The van der Waals surface area contributed by atoms with Crippen LogP contribution in [0.2, 0.25) is 0 Å². The molecule has 0 aromatic carbocycles. The van der Waals surface area contributed by atoms with E-state index in [1.807, 2.05) is 31.3 Å². The molecule has 0 aliphatic rings. The van der Waals surface area contributed by atoms with E-state index >= 15 is 0 Å². The minimum absolute atomic E-state index is 0.830. The third-order valence-corrected chi connectivity index (χ3v) is 3.57. The van der Waals surface area contributed by atoms with Gasteiger partial charge in [-0.3, -0.25) is 0 Å². The Kier molecular flexibility index (Phi) is 3.79. The first-order valence-corrected chi connectivity index (χ1v) is 6.48. The molecule has 0 unspecified atom stereocenters. The quantitative estimate of drug-likeness (QED) is 0.915. The van der Waals surface area contributed by atoms with E-state index in [4.69, 9.17) is 0 Å². The zero-order valence-corrected chi connectivity index (χ0v) is 12.4. The van der Waals surface area contributed by atoms with Crippen LogP contribution in [-0.2, 0) is 13.6 Å². The third kappa shape index (κ3) is 2.89. The summed E-state index contributed by atoms with van der Waals surface area (Å²) in [6.45, 7) is 5.11. The number of pyridine rings is 1. The highest BCUT2D eigenvalue weighted by Crippen LogP contribution is 2.16. The fourth-order valence-electron chi connectivity index (χ4n) is 2.06. The molecule has 0 atom stereocenters. The van der Waals surface area contributed by atoms with Crippen LogP contribution in [0.25, 0.3) is 0 Å². The van der Waals surface area contributed by atoms with Gasteiger partial charge in [-0.1, -0.05) is 0 Å². The van der Waals surface area contributed by atoms with Crippen molar-refractivity contribution in [3.8, 4) is 0 Å². The molecule has 0 radical (unpaired) electrons. The van der Waals surface area contributed by atoms with Crippen molar-refractivity contribution in [2.45, 2.75) is 20.4 Å². The van der Waals surface area contributed by atoms with Crippen molar-refractivity contribution in [1.29, 1.82) is 0 Å². The second kappa shape index (κ2) is 5.34. The fourth-order valence-corrected chi connectivity index (χ4v) is 2.06. The van der Waals surface area contributed by atoms with Gasteiger partial charge in [0.15, 0.2) is 0 Å². The Morgan fingerprint density at radius 2 is 2.00 bits per heavy atom. The maximum Gasteiger partial charge on any atom is 0.128 e. The van der Waals surface area contributed by atoms with Crippen molar-refractivity contribution < 1.29 is 0 Å². The molecule has 0 bridgehead atoms. The van der Waals surface area contributed by atoms with Gasteiger partial charge in [-0.05, 0) is 37.6 Å². The molecule has 0 spiro atoms. The zero-order chi connectivity index (χ0) is 14.0. The average Bonchev–Trinajstić information content (AvgIpc) is 2.64. The molecular formula is C15H22N4. The van der Waals surface area contributed by atoms with Crippen molar-refractivity contribution in [2.75, 3.05) is 24.3 Å². The standard InChI is InChI=1S/C15H22N4/c1-11-8-13(12(2)19(11)5)9-16-14-6-7-15(17-10-14)18(3)4/h6-8,10,16H,9H2,1-5H3. The van der Waals surface area contributed by atoms with Gasteiger partial charge in [0.05, 0.1) is 11.9 Å². The van der Waals surface area contributed by atoms with Crippen LogP contribution in [0.15, 0.2) is 24.4 Å². The molecule has 0 aliphatic heterocycles. The van der Waals surface area contributed by atoms with Gasteiger partial charge in [-0.2, -0.15) is 0 Å². The van der Waals surface area contributed by atoms with Crippen LogP contribution in [0.1, 0.15) is 17.0 Å². The topological polar surface area (TPSA) is 33.1 Å². The van der Waals surface area contributed by atoms with Gasteiger partial charge in [-0.25, -0.2) is 4.98 Å². The third-order valence-electron chi connectivity index (χ3n) is 3.57. The molecule has 2 heterocycles. The van der Waals surface area contributed by atoms with Gasteiger partial charge in [0, 0.05) is 39.1 Å². The summed E-state index contributed by atoms with van der Waals surface area (Å²) in [5.41, 5.74) is 4.97. The molecule has 0 amide bonds. The predicted molar refractivity (Wildman–Crippen MR) is 80.8 cm³/mol. The highest BCUT2D eigenvalue weighted by Gasteiger charge is 2.05. The summed E-state index contributed by atoms with van der Waals surface area (Å²) in [7, 11) is 6.08. The van der Waals surface area contributed by atoms with Gasteiger partial charge >= 0.3 is 0 Å². The summed E-state index contributed by atoms with van der Waals surface area (Å²) in [6.07, 6.45) is 1.88. The lowest BCUT2D eigenvalue weighted by atomic mass is 10.2. The lowest BCUT2D eigenvalue weighted by molar-refractivity contribution is 0.837. The fraction of sp³-hybridized carbons (Fsp3) is 0.400. The van der Waals surface area contributed by atoms with E-state index in [1.54, 1.807) is 0 Å². The van der Waals surface area contributed by atoms with E-state index < -0.39 is 0 Å². The molecule has 0 fully saturated rings. The van der Waals surface area contributed by atoms with Crippen LogP contribution in [0, 0.1) is 13.8 Å². The normalized spacial score (nSPS) is 10.6. The van der Waals surface area contributed by atoms with Crippen LogP contribution in [-0.4, -0.2) is 23.6 Å². The van der Waals surface area contributed by atoms with Crippen molar-refractivity contribution in [1.82, 2.24) is 9.55 Å². The lowest BCUT2D eigenvalue weighted by Crippen LogP contribution is -2.10.